The molecule has 2 nitrogen and oxygen atoms in total. The summed E-state index contributed by atoms with van der Waals surface area (Å²) in [5.41, 5.74) is 1.34. The van der Waals surface area contributed by atoms with Gasteiger partial charge in [-0.3, -0.25) is 0 Å². The molecule has 0 aliphatic heterocycles. The van der Waals surface area contributed by atoms with Crippen molar-refractivity contribution >= 4 is 7.12 Å². The second kappa shape index (κ2) is 9.49. The van der Waals surface area contributed by atoms with E-state index >= 15 is 0 Å². The smallest absolute Gasteiger partial charge is 0.405 e. The highest BCUT2D eigenvalue weighted by molar-refractivity contribution is 6.51. The van der Waals surface area contributed by atoms with Crippen LogP contribution in [-0.4, -0.2) is 19.3 Å². The molecule has 0 heterocycles. The van der Waals surface area contributed by atoms with Crippen LogP contribution < -0.4 is 0 Å². The van der Waals surface area contributed by atoms with Crippen LogP contribution in [-0.2, 0) is 9.31 Å². The summed E-state index contributed by atoms with van der Waals surface area (Å²) in [5.74, 6) is 2.10. The van der Waals surface area contributed by atoms with E-state index in [1.807, 2.05) is 33.8 Å². The Hall–Kier alpha value is -0.535. The largest absolute Gasteiger partial charge is 0.486 e. The molecule has 0 unspecified atom stereocenters. The first-order valence-electron chi connectivity index (χ1n) is 6.60. The monoisotopic (exact) mass is 238 g/mol. The molecule has 0 amide bonds. The van der Waals surface area contributed by atoms with Gasteiger partial charge in [0.05, 0.1) is 0 Å². The molecule has 17 heavy (non-hydrogen) atoms. The lowest BCUT2D eigenvalue weighted by atomic mass is 9.83. The highest BCUT2D eigenvalue weighted by Crippen LogP contribution is 2.13. The Morgan fingerprint density at radius 2 is 1.71 bits per heavy atom. The Morgan fingerprint density at radius 3 is 2.06 bits per heavy atom. The maximum atomic E-state index is 5.75. The first-order chi connectivity index (χ1) is 7.99. The Morgan fingerprint density at radius 1 is 1.18 bits per heavy atom. The molecule has 0 bridgehead atoms. The van der Waals surface area contributed by atoms with E-state index in [-0.39, 0.29) is 19.3 Å². The van der Waals surface area contributed by atoms with Crippen molar-refractivity contribution in [3.05, 3.63) is 24.2 Å². The highest BCUT2D eigenvalue weighted by atomic mass is 16.6. The van der Waals surface area contributed by atoms with Crippen LogP contribution in [0.3, 0.4) is 0 Å². The predicted octanol–water partition coefficient (Wildman–Crippen LogP) is 4.17. The van der Waals surface area contributed by atoms with Crippen LogP contribution in [0, 0.1) is 0 Å². The van der Waals surface area contributed by atoms with Gasteiger partial charge in [-0.15, -0.1) is 6.58 Å². The zero-order chi connectivity index (χ0) is 13.3. The van der Waals surface area contributed by atoms with Gasteiger partial charge in [0, 0.05) is 12.2 Å². The molecule has 0 spiro atoms. The van der Waals surface area contributed by atoms with Crippen molar-refractivity contribution in [1.29, 1.82) is 0 Å². The van der Waals surface area contributed by atoms with Gasteiger partial charge in [-0.1, -0.05) is 31.0 Å². The van der Waals surface area contributed by atoms with Crippen LogP contribution in [0.1, 0.15) is 53.9 Å². The van der Waals surface area contributed by atoms with Crippen molar-refractivity contribution in [3.63, 3.8) is 0 Å². The molecule has 3 heteroatoms. The minimum atomic E-state index is -0.239. The molecule has 0 radical (unpaired) electrons. The standard InChI is InChI=1S/C14H27BO2/c1-7-9-14(10-8-2)11-15(16-12(3)4)17-13(5)6/h7,11-13H,1,8-10H2,2-6H3/b14-11+. The van der Waals surface area contributed by atoms with E-state index in [0.29, 0.717) is 0 Å². The molecule has 0 aromatic heterocycles. The minimum absolute atomic E-state index is 0.168. The molecule has 0 rings (SSSR count). The molecule has 0 saturated carbocycles. The molecule has 98 valence electrons. The molecule has 0 aliphatic rings. The van der Waals surface area contributed by atoms with Gasteiger partial charge in [0.2, 0.25) is 0 Å². The first kappa shape index (κ1) is 16.5. The van der Waals surface area contributed by atoms with Crippen LogP contribution in [0.4, 0.5) is 0 Å². The fraction of sp³-hybridized carbons (Fsp3) is 0.714. The fourth-order valence-corrected chi connectivity index (χ4v) is 1.60. The van der Waals surface area contributed by atoms with E-state index in [4.69, 9.17) is 9.31 Å². The van der Waals surface area contributed by atoms with E-state index < -0.39 is 0 Å². The number of hydrogen-bond donors (Lipinski definition) is 0. The number of rotatable bonds is 9. The third-order valence-corrected chi connectivity index (χ3v) is 2.16. The molecule has 0 fully saturated rings. The number of hydrogen-bond acceptors (Lipinski definition) is 2. The van der Waals surface area contributed by atoms with E-state index in [1.54, 1.807) is 0 Å². The zero-order valence-corrected chi connectivity index (χ0v) is 12.0. The van der Waals surface area contributed by atoms with Crippen molar-refractivity contribution in [2.45, 2.75) is 66.1 Å². The fourth-order valence-electron chi connectivity index (χ4n) is 1.60. The lowest BCUT2D eigenvalue weighted by molar-refractivity contribution is 0.138. The third-order valence-electron chi connectivity index (χ3n) is 2.16. The summed E-state index contributed by atoms with van der Waals surface area (Å²) >= 11 is 0. The van der Waals surface area contributed by atoms with Crippen molar-refractivity contribution in [1.82, 2.24) is 0 Å². The Kier molecular flexibility index (Phi) is 9.19. The second-order valence-electron chi connectivity index (χ2n) is 4.81. The normalized spacial score (nSPS) is 12.3. The third kappa shape index (κ3) is 9.19. The van der Waals surface area contributed by atoms with Crippen molar-refractivity contribution < 1.29 is 9.31 Å². The molecule has 0 atom stereocenters. The van der Waals surface area contributed by atoms with Crippen LogP contribution in [0.25, 0.3) is 0 Å². The van der Waals surface area contributed by atoms with Gasteiger partial charge in [0.1, 0.15) is 0 Å². The lowest BCUT2D eigenvalue weighted by Crippen LogP contribution is -2.28. The Balaban J connectivity index is 4.61. The Bertz CT molecular complexity index is 224. The first-order valence-corrected chi connectivity index (χ1v) is 6.60. The minimum Gasteiger partial charge on any atom is -0.405 e. The summed E-state index contributed by atoms with van der Waals surface area (Å²) in [6.07, 6.45) is 5.39. The van der Waals surface area contributed by atoms with Gasteiger partial charge in [-0.05, 0) is 40.5 Å². The average molecular weight is 238 g/mol. The van der Waals surface area contributed by atoms with Crippen LogP contribution in [0.2, 0.25) is 0 Å². The number of allylic oxidation sites excluding steroid dienone is 2. The average Bonchev–Trinajstić information content (AvgIpc) is 2.15. The van der Waals surface area contributed by atoms with Gasteiger partial charge < -0.3 is 9.31 Å². The molecular weight excluding hydrogens is 211 g/mol. The van der Waals surface area contributed by atoms with Gasteiger partial charge in [-0.25, -0.2) is 0 Å². The summed E-state index contributed by atoms with van der Waals surface area (Å²) < 4.78 is 11.5. The predicted molar refractivity (Wildman–Crippen MR) is 76.0 cm³/mol. The van der Waals surface area contributed by atoms with Gasteiger partial charge in [0.25, 0.3) is 0 Å². The molecule has 0 aromatic carbocycles. The van der Waals surface area contributed by atoms with Crippen LogP contribution in [0.15, 0.2) is 24.2 Å². The van der Waals surface area contributed by atoms with E-state index in [1.165, 1.54) is 5.57 Å². The molecule has 0 aliphatic carbocycles. The van der Waals surface area contributed by atoms with Gasteiger partial charge in [0.15, 0.2) is 0 Å². The van der Waals surface area contributed by atoms with Crippen molar-refractivity contribution in [2.24, 2.45) is 0 Å². The summed E-state index contributed by atoms with van der Waals surface area (Å²) in [6.45, 7) is 14.1. The summed E-state index contributed by atoms with van der Waals surface area (Å²) in [6, 6.07) is 0. The Labute approximate surface area is 107 Å². The molecule has 0 aromatic rings. The maximum absolute atomic E-state index is 5.75. The van der Waals surface area contributed by atoms with Gasteiger partial charge >= 0.3 is 7.12 Å². The molecule has 0 N–H and O–H groups in total. The molecular formula is C14H27BO2. The van der Waals surface area contributed by atoms with E-state index in [9.17, 15) is 0 Å². The lowest BCUT2D eigenvalue weighted by Gasteiger charge is -2.18. The van der Waals surface area contributed by atoms with E-state index in [2.05, 4.69) is 19.5 Å². The summed E-state index contributed by atoms with van der Waals surface area (Å²) in [4.78, 5) is 0. The van der Waals surface area contributed by atoms with Crippen LogP contribution >= 0.6 is 0 Å². The van der Waals surface area contributed by atoms with Crippen molar-refractivity contribution in [2.75, 3.05) is 0 Å². The summed E-state index contributed by atoms with van der Waals surface area (Å²) in [5, 5.41) is 0. The maximum Gasteiger partial charge on any atom is 0.486 e. The molecule has 0 saturated heterocycles. The quantitative estimate of drug-likeness (QED) is 0.443. The SMILES string of the molecule is C=CC/C(=C\B(OC(C)C)OC(C)C)CCC. The van der Waals surface area contributed by atoms with Crippen molar-refractivity contribution in [3.8, 4) is 0 Å². The second-order valence-corrected chi connectivity index (χ2v) is 4.81. The zero-order valence-electron chi connectivity index (χ0n) is 12.0. The highest BCUT2D eigenvalue weighted by Gasteiger charge is 2.19. The topological polar surface area (TPSA) is 18.5 Å². The van der Waals surface area contributed by atoms with Gasteiger partial charge in [-0.2, -0.15) is 0 Å². The van der Waals surface area contributed by atoms with E-state index in [0.717, 1.165) is 19.3 Å². The summed E-state index contributed by atoms with van der Waals surface area (Å²) in [7, 11) is -0.239. The van der Waals surface area contributed by atoms with Crippen LogP contribution in [0.5, 0.6) is 0 Å².